The van der Waals surface area contributed by atoms with Crippen LogP contribution in [0.15, 0.2) is 30.3 Å². The Morgan fingerprint density at radius 2 is 1.43 bits per heavy atom. The minimum absolute atomic E-state index is 0.0758. The summed E-state index contributed by atoms with van der Waals surface area (Å²) in [5, 5.41) is 4.91. The molecular weight excluding hydrogens is 374 g/mol. The van der Waals surface area contributed by atoms with Crippen LogP contribution in [0.5, 0.6) is 17.2 Å². The first-order valence-corrected chi connectivity index (χ1v) is 8.17. The van der Waals surface area contributed by atoms with Crippen molar-refractivity contribution in [3.63, 3.8) is 0 Å². The van der Waals surface area contributed by atoms with Crippen molar-refractivity contribution in [3.8, 4) is 17.2 Å². The molecule has 2 N–H and O–H groups in total. The van der Waals surface area contributed by atoms with E-state index in [1.165, 1.54) is 33.5 Å². The number of halogens is 2. The average Bonchev–Trinajstić information content (AvgIpc) is 2.68. The monoisotopic (exact) mass is 394 g/mol. The number of benzene rings is 2. The number of nitrogens with one attached hydrogen (secondary N) is 2. The van der Waals surface area contributed by atoms with Crippen LogP contribution in [0, 0.1) is 11.6 Å². The quantitative estimate of drug-likeness (QED) is 0.716. The zero-order chi connectivity index (χ0) is 20.7. The third-order valence-electron chi connectivity index (χ3n) is 3.75. The molecule has 2 aromatic rings. The number of carbonyl (C=O) groups excluding carboxylic acids is 2. The molecule has 0 bridgehead atoms. The molecule has 7 nitrogen and oxygen atoms in total. The highest BCUT2D eigenvalue weighted by atomic mass is 19.1. The van der Waals surface area contributed by atoms with Gasteiger partial charge in [0.25, 0.3) is 5.91 Å². The van der Waals surface area contributed by atoms with Crippen LogP contribution in [-0.2, 0) is 11.3 Å². The zero-order valence-corrected chi connectivity index (χ0v) is 15.6. The van der Waals surface area contributed by atoms with Gasteiger partial charge in [0, 0.05) is 18.2 Å². The number of hydrogen-bond donors (Lipinski definition) is 2. The van der Waals surface area contributed by atoms with E-state index in [0.29, 0.717) is 17.2 Å². The fourth-order valence-corrected chi connectivity index (χ4v) is 2.45. The lowest BCUT2D eigenvalue weighted by Gasteiger charge is -2.14. The largest absolute Gasteiger partial charge is 0.493 e. The van der Waals surface area contributed by atoms with Gasteiger partial charge in [0.15, 0.2) is 11.5 Å². The van der Waals surface area contributed by atoms with E-state index in [9.17, 15) is 18.4 Å². The summed E-state index contributed by atoms with van der Waals surface area (Å²) in [4.78, 5) is 24.2. The van der Waals surface area contributed by atoms with Crippen molar-refractivity contribution in [2.45, 2.75) is 6.54 Å². The predicted molar refractivity (Wildman–Crippen MR) is 96.6 cm³/mol. The van der Waals surface area contributed by atoms with Crippen LogP contribution in [0.3, 0.4) is 0 Å². The van der Waals surface area contributed by atoms with Crippen molar-refractivity contribution in [1.82, 2.24) is 10.6 Å². The summed E-state index contributed by atoms with van der Waals surface area (Å²) >= 11 is 0. The second-order valence-corrected chi connectivity index (χ2v) is 5.65. The predicted octanol–water partition coefficient (Wildman–Crippen LogP) is 2.04. The van der Waals surface area contributed by atoms with Crippen LogP contribution < -0.4 is 24.8 Å². The maximum absolute atomic E-state index is 13.1. The molecule has 150 valence electrons. The first-order chi connectivity index (χ1) is 13.4. The number of rotatable bonds is 8. The minimum Gasteiger partial charge on any atom is -0.493 e. The normalized spacial score (nSPS) is 10.2. The van der Waals surface area contributed by atoms with Crippen LogP contribution in [0.2, 0.25) is 0 Å². The summed E-state index contributed by atoms with van der Waals surface area (Å²) in [6, 6.07) is 5.85. The molecule has 0 aliphatic heterocycles. The van der Waals surface area contributed by atoms with E-state index in [4.69, 9.17) is 14.2 Å². The van der Waals surface area contributed by atoms with E-state index < -0.39 is 23.4 Å². The van der Waals surface area contributed by atoms with E-state index >= 15 is 0 Å². The van der Waals surface area contributed by atoms with Crippen molar-refractivity contribution in [2.24, 2.45) is 0 Å². The topological polar surface area (TPSA) is 85.9 Å². The van der Waals surface area contributed by atoms with Gasteiger partial charge in [-0.2, -0.15) is 0 Å². The summed E-state index contributed by atoms with van der Waals surface area (Å²) in [6.45, 7) is -0.402. The molecule has 0 heterocycles. The summed E-state index contributed by atoms with van der Waals surface area (Å²) in [7, 11) is 4.28. The molecule has 2 rings (SSSR count). The molecule has 0 atom stereocenters. The highest BCUT2D eigenvalue weighted by Crippen LogP contribution is 2.38. The SMILES string of the molecule is COc1cc(C(=O)NCC(=O)NCc2cc(F)cc(F)c2)cc(OC)c1OC. The number of methoxy groups -OCH3 is 3. The smallest absolute Gasteiger partial charge is 0.251 e. The standard InChI is InChI=1S/C19H20F2N2O5/c1-26-15-6-12(7-16(27-2)18(15)28-3)19(25)23-10-17(24)22-9-11-4-13(20)8-14(21)5-11/h4-8H,9-10H2,1-3H3,(H,22,24)(H,23,25). The summed E-state index contributed by atoms with van der Waals surface area (Å²) in [5.41, 5.74) is 0.469. The van der Waals surface area contributed by atoms with Crippen LogP contribution in [-0.4, -0.2) is 39.7 Å². The Hall–Kier alpha value is -3.36. The van der Waals surface area contributed by atoms with E-state index in [1.54, 1.807) is 0 Å². The van der Waals surface area contributed by atoms with Gasteiger partial charge in [0.1, 0.15) is 11.6 Å². The second-order valence-electron chi connectivity index (χ2n) is 5.65. The second kappa shape index (κ2) is 9.54. The molecule has 0 aliphatic carbocycles. The fraction of sp³-hybridized carbons (Fsp3) is 0.263. The van der Waals surface area contributed by atoms with E-state index in [2.05, 4.69) is 10.6 Å². The van der Waals surface area contributed by atoms with Gasteiger partial charge in [-0.1, -0.05) is 0 Å². The van der Waals surface area contributed by atoms with Crippen molar-refractivity contribution in [2.75, 3.05) is 27.9 Å². The number of amides is 2. The fourth-order valence-electron chi connectivity index (χ4n) is 2.45. The van der Waals surface area contributed by atoms with E-state index in [-0.39, 0.29) is 24.2 Å². The average molecular weight is 394 g/mol. The van der Waals surface area contributed by atoms with Gasteiger partial charge in [0.2, 0.25) is 11.7 Å². The molecule has 28 heavy (non-hydrogen) atoms. The lowest BCUT2D eigenvalue weighted by Crippen LogP contribution is -2.36. The highest BCUT2D eigenvalue weighted by Gasteiger charge is 2.17. The van der Waals surface area contributed by atoms with Crippen LogP contribution >= 0.6 is 0 Å². The molecule has 9 heteroatoms. The molecule has 0 saturated carbocycles. The first-order valence-electron chi connectivity index (χ1n) is 8.17. The third-order valence-corrected chi connectivity index (χ3v) is 3.75. The Morgan fingerprint density at radius 1 is 0.857 bits per heavy atom. The van der Waals surface area contributed by atoms with Gasteiger partial charge in [-0.25, -0.2) is 8.78 Å². The molecule has 2 aromatic carbocycles. The molecular formula is C19H20F2N2O5. The van der Waals surface area contributed by atoms with Crippen molar-refractivity contribution >= 4 is 11.8 Å². The summed E-state index contributed by atoms with van der Waals surface area (Å²) < 4.78 is 41.8. The van der Waals surface area contributed by atoms with Crippen LogP contribution in [0.1, 0.15) is 15.9 Å². The Balaban J connectivity index is 1.96. The maximum atomic E-state index is 13.1. The highest BCUT2D eigenvalue weighted by molar-refractivity contribution is 5.97. The maximum Gasteiger partial charge on any atom is 0.251 e. The number of ether oxygens (including phenoxy) is 3. The van der Waals surface area contributed by atoms with E-state index in [1.807, 2.05) is 0 Å². The van der Waals surface area contributed by atoms with Crippen molar-refractivity contribution in [3.05, 3.63) is 53.1 Å². The van der Waals surface area contributed by atoms with Gasteiger partial charge >= 0.3 is 0 Å². The summed E-state index contributed by atoms with van der Waals surface area (Å²) in [6.07, 6.45) is 0. The molecule has 0 radical (unpaired) electrons. The van der Waals surface area contributed by atoms with Gasteiger partial charge in [-0.05, 0) is 29.8 Å². The van der Waals surface area contributed by atoms with Gasteiger partial charge in [-0.15, -0.1) is 0 Å². The molecule has 0 saturated heterocycles. The van der Waals surface area contributed by atoms with Gasteiger partial charge in [-0.3, -0.25) is 9.59 Å². The number of hydrogen-bond acceptors (Lipinski definition) is 5. The Morgan fingerprint density at radius 3 is 1.93 bits per heavy atom. The molecule has 0 aromatic heterocycles. The molecule has 0 fully saturated rings. The first kappa shape index (κ1) is 20.9. The Bertz CT molecular complexity index is 828. The van der Waals surface area contributed by atoms with Crippen molar-refractivity contribution in [1.29, 1.82) is 0 Å². The number of carbonyl (C=O) groups is 2. The lowest BCUT2D eigenvalue weighted by atomic mass is 10.1. The van der Waals surface area contributed by atoms with Gasteiger partial charge < -0.3 is 24.8 Å². The Labute approximate surface area is 160 Å². The molecule has 0 aliphatic rings. The zero-order valence-electron chi connectivity index (χ0n) is 15.6. The third kappa shape index (κ3) is 5.32. The molecule has 0 unspecified atom stereocenters. The Kier molecular flexibility index (Phi) is 7.14. The van der Waals surface area contributed by atoms with Crippen LogP contribution in [0.4, 0.5) is 8.78 Å². The molecule has 2 amide bonds. The van der Waals surface area contributed by atoms with E-state index in [0.717, 1.165) is 18.2 Å². The summed E-state index contributed by atoms with van der Waals surface area (Å²) in [5.74, 6) is -1.60. The van der Waals surface area contributed by atoms with Crippen LogP contribution in [0.25, 0.3) is 0 Å². The molecule has 0 spiro atoms. The van der Waals surface area contributed by atoms with Gasteiger partial charge in [0.05, 0.1) is 27.9 Å². The lowest BCUT2D eigenvalue weighted by molar-refractivity contribution is -0.120. The van der Waals surface area contributed by atoms with Crippen molar-refractivity contribution < 1.29 is 32.6 Å². The minimum atomic E-state index is -0.736.